The molecule has 5 nitrogen and oxygen atoms in total. The highest BCUT2D eigenvalue weighted by molar-refractivity contribution is 5.76. The average Bonchev–Trinajstić information content (AvgIpc) is 2.96. The van der Waals surface area contributed by atoms with E-state index in [0.717, 1.165) is 6.42 Å². The molecular formula is C20H28O5. The Bertz CT molecular complexity index is 650. The van der Waals surface area contributed by atoms with Crippen molar-refractivity contribution < 1.29 is 23.8 Å². The summed E-state index contributed by atoms with van der Waals surface area (Å²) in [4.78, 5) is 24.6. The number of epoxide rings is 1. The maximum atomic E-state index is 12.3. The van der Waals surface area contributed by atoms with E-state index in [1.165, 1.54) is 11.1 Å². The minimum atomic E-state index is -0.295. The van der Waals surface area contributed by atoms with Crippen molar-refractivity contribution >= 4 is 11.9 Å². The summed E-state index contributed by atoms with van der Waals surface area (Å²) in [6, 6.07) is 0. The SMILES string of the molecule is CC1=C2CC3OC3(C)C2C2OC(=O)C(C)C2C(OC(=O)CC(C)C)C1. The normalized spacial score (nSPS) is 44.8. The Balaban J connectivity index is 1.67. The van der Waals surface area contributed by atoms with E-state index in [4.69, 9.17) is 14.2 Å². The van der Waals surface area contributed by atoms with Gasteiger partial charge in [0, 0.05) is 24.7 Å². The van der Waals surface area contributed by atoms with Crippen LogP contribution in [0.15, 0.2) is 11.1 Å². The maximum Gasteiger partial charge on any atom is 0.309 e. The zero-order valence-electron chi connectivity index (χ0n) is 15.7. The minimum absolute atomic E-state index is 0.0964. The Hall–Kier alpha value is -1.36. The number of hydrogen-bond acceptors (Lipinski definition) is 5. The molecule has 4 rings (SSSR count). The number of esters is 2. The first-order valence-electron chi connectivity index (χ1n) is 9.48. The fourth-order valence-corrected chi connectivity index (χ4v) is 5.25. The van der Waals surface area contributed by atoms with E-state index in [9.17, 15) is 9.59 Å². The molecule has 138 valence electrons. The summed E-state index contributed by atoms with van der Waals surface area (Å²) in [5, 5.41) is 0. The number of carbonyl (C=O) groups excluding carboxylic acids is 2. The van der Waals surface area contributed by atoms with Crippen LogP contribution in [0, 0.1) is 23.7 Å². The van der Waals surface area contributed by atoms with Gasteiger partial charge in [0.05, 0.1) is 12.0 Å². The molecule has 2 aliphatic carbocycles. The topological polar surface area (TPSA) is 65.1 Å². The largest absolute Gasteiger partial charge is 0.462 e. The second-order valence-corrected chi connectivity index (χ2v) is 8.88. The van der Waals surface area contributed by atoms with Gasteiger partial charge in [0.1, 0.15) is 17.8 Å². The first kappa shape index (κ1) is 17.1. The molecule has 0 N–H and O–H groups in total. The monoisotopic (exact) mass is 348 g/mol. The van der Waals surface area contributed by atoms with E-state index in [2.05, 4.69) is 13.8 Å². The van der Waals surface area contributed by atoms with Crippen LogP contribution >= 0.6 is 0 Å². The molecule has 0 aromatic carbocycles. The summed E-state index contributed by atoms with van der Waals surface area (Å²) in [5.41, 5.74) is 2.42. The number of ether oxygens (including phenoxy) is 3. The van der Waals surface area contributed by atoms with E-state index in [-0.39, 0.29) is 59.5 Å². The molecule has 7 unspecified atom stereocenters. The molecule has 0 amide bonds. The van der Waals surface area contributed by atoms with Crippen molar-refractivity contribution in [3.8, 4) is 0 Å². The lowest BCUT2D eigenvalue weighted by Crippen LogP contribution is -2.41. The smallest absolute Gasteiger partial charge is 0.309 e. The molecule has 0 radical (unpaired) electrons. The predicted octanol–water partition coefficient (Wildman–Crippen LogP) is 3.02. The number of rotatable bonds is 3. The number of fused-ring (bicyclic) bond motifs is 5. The molecule has 25 heavy (non-hydrogen) atoms. The maximum absolute atomic E-state index is 12.3. The molecule has 2 aliphatic heterocycles. The molecule has 5 heteroatoms. The van der Waals surface area contributed by atoms with Crippen molar-refractivity contribution in [2.24, 2.45) is 23.7 Å². The predicted molar refractivity (Wildman–Crippen MR) is 90.6 cm³/mol. The molecule has 3 fully saturated rings. The van der Waals surface area contributed by atoms with Crippen LogP contribution in [0.1, 0.15) is 53.9 Å². The molecule has 0 bridgehead atoms. The van der Waals surface area contributed by atoms with Gasteiger partial charge in [0.25, 0.3) is 0 Å². The van der Waals surface area contributed by atoms with Crippen LogP contribution in [0.5, 0.6) is 0 Å². The van der Waals surface area contributed by atoms with Gasteiger partial charge in [-0.15, -0.1) is 0 Å². The summed E-state index contributed by atoms with van der Waals surface area (Å²) in [6.45, 7) is 10.2. The first-order valence-corrected chi connectivity index (χ1v) is 9.48. The van der Waals surface area contributed by atoms with Crippen LogP contribution < -0.4 is 0 Å². The second-order valence-electron chi connectivity index (χ2n) is 8.88. The third kappa shape index (κ3) is 2.54. The van der Waals surface area contributed by atoms with Gasteiger partial charge in [-0.2, -0.15) is 0 Å². The second kappa shape index (κ2) is 5.57. The van der Waals surface area contributed by atoms with Crippen molar-refractivity contribution in [3.63, 3.8) is 0 Å². The first-order chi connectivity index (χ1) is 11.7. The van der Waals surface area contributed by atoms with Crippen LogP contribution in [-0.2, 0) is 23.8 Å². The Kier molecular flexibility index (Phi) is 3.80. The van der Waals surface area contributed by atoms with Gasteiger partial charge in [-0.05, 0) is 26.2 Å². The zero-order chi connectivity index (χ0) is 18.1. The molecule has 0 aromatic rings. The number of carbonyl (C=O) groups is 2. The minimum Gasteiger partial charge on any atom is -0.462 e. The third-order valence-electron chi connectivity index (χ3n) is 6.63. The highest BCUT2D eigenvalue weighted by Crippen LogP contribution is 2.62. The van der Waals surface area contributed by atoms with Crippen LogP contribution in [0.4, 0.5) is 0 Å². The van der Waals surface area contributed by atoms with Gasteiger partial charge >= 0.3 is 11.9 Å². The van der Waals surface area contributed by atoms with Crippen molar-refractivity contribution in [1.29, 1.82) is 0 Å². The van der Waals surface area contributed by atoms with E-state index in [0.29, 0.717) is 12.8 Å². The Morgan fingerprint density at radius 1 is 1.36 bits per heavy atom. The van der Waals surface area contributed by atoms with Gasteiger partial charge in [-0.25, -0.2) is 0 Å². The molecule has 1 saturated carbocycles. The number of hydrogen-bond donors (Lipinski definition) is 0. The van der Waals surface area contributed by atoms with Gasteiger partial charge < -0.3 is 14.2 Å². The summed E-state index contributed by atoms with van der Waals surface area (Å²) in [7, 11) is 0. The Morgan fingerprint density at radius 3 is 2.76 bits per heavy atom. The quantitative estimate of drug-likeness (QED) is 0.446. The highest BCUT2D eigenvalue weighted by atomic mass is 16.6. The lowest BCUT2D eigenvalue weighted by molar-refractivity contribution is -0.154. The van der Waals surface area contributed by atoms with Crippen LogP contribution in [0.2, 0.25) is 0 Å². The molecule has 4 aliphatic rings. The zero-order valence-corrected chi connectivity index (χ0v) is 15.7. The van der Waals surface area contributed by atoms with Crippen molar-refractivity contribution in [2.45, 2.75) is 77.8 Å². The van der Waals surface area contributed by atoms with Crippen LogP contribution in [-0.4, -0.2) is 35.9 Å². The van der Waals surface area contributed by atoms with Crippen molar-refractivity contribution in [2.75, 3.05) is 0 Å². The van der Waals surface area contributed by atoms with E-state index in [1.807, 2.05) is 20.8 Å². The summed E-state index contributed by atoms with van der Waals surface area (Å²) in [5.74, 6) is -0.346. The molecule has 0 spiro atoms. The lowest BCUT2D eigenvalue weighted by atomic mass is 9.78. The summed E-state index contributed by atoms with van der Waals surface area (Å²) < 4.78 is 17.6. The molecular weight excluding hydrogens is 320 g/mol. The van der Waals surface area contributed by atoms with Gasteiger partial charge in [0.15, 0.2) is 0 Å². The third-order valence-corrected chi connectivity index (χ3v) is 6.63. The molecule has 7 atom stereocenters. The van der Waals surface area contributed by atoms with Crippen LogP contribution in [0.3, 0.4) is 0 Å². The van der Waals surface area contributed by atoms with Gasteiger partial charge in [-0.3, -0.25) is 9.59 Å². The van der Waals surface area contributed by atoms with Crippen molar-refractivity contribution in [3.05, 3.63) is 11.1 Å². The summed E-state index contributed by atoms with van der Waals surface area (Å²) in [6.07, 6.45) is 1.72. The Morgan fingerprint density at radius 2 is 2.08 bits per heavy atom. The molecule has 2 saturated heterocycles. The van der Waals surface area contributed by atoms with Crippen molar-refractivity contribution in [1.82, 2.24) is 0 Å². The highest BCUT2D eigenvalue weighted by Gasteiger charge is 2.70. The standard InChI is InChI=1S/C20H28O5/c1-9(2)6-15(21)23-13-7-10(3)12-8-14-20(5,25-14)17(12)18-16(13)11(4)19(22)24-18/h9,11,13-14,16-18H,6-8H2,1-5H3. The molecule has 0 aromatic heterocycles. The van der Waals surface area contributed by atoms with Crippen LogP contribution in [0.25, 0.3) is 0 Å². The van der Waals surface area contributed by atoms with Gasteiger partial charge in [-0.1, -0.05) is 31.9 Å². The van der Waals surface area contributed by atoms with E-state index >= 15 is 0 Å². The van der Waals surface area contributed by atoms with Gasteiger partial charge in [0.2, 0.25) is 0 Å². The van der Waals surface area contributed by atoms with E-state index in [1.54, 1.807) is 0 Å². The fourth-order valence-electron chi connectivity index (χ4n) is 5.25. The Labute approximate surface area is 149 Å². The van der Waals surface area contributed by atoms with E-state index < -0.39 is 0 Å². The molecule has 2 heterocycles. The average molecular weight is 348 g/mol. The fraction of sp³-hybridized carbons (Fsp3) is 0.800. The lowest BCUT2D eigenvalue weighted by Gasteiger charge is -2.31. The summed E-state index contributed by atoms with van der Waals surface area (Å²) >= 11 is 0.